The predicted molar refractivity (Wildman–Crippen MR) is 99.7 cm³/mol. The molecule has 0 saturated carbocycles. The molecule has 3 aromatic rings. The lowest BCUT2D eigenvalue weighted by molar-refractivity contribution is 0.102. The third-order valence-electron chi connectivity index (χ3n) is 3.38. The zero-order chi connectivity index (χ0) is 18.6. The summed E-state index contributed by atoms with van der Waals surface area (Å²) < 4.78 is 33.3. The van der Waals surface area contributed by atoms with Crippen LogP contribution in [0.5, 0.6) is 5.75 Å². The van der Waals surface area contributed by atoms with Gasteiger partial charge in [0.25, 0.3) is 5.91 Å². The van der Waals surface area contributed by atoms with Gasteiger partial charge in [0.2, 0.25) is 10.0 Å². The average molecular weight is 388 g/mol. The molecule has 134 valence electrons. The monoisotopic (exact) mass is 388 g/mol. The molecule has 7 nitrogen and oxygen atoms in total. The van der Waals surface area contributed by atoms with Crippen LogP contribution in [0.1, 0.15) is 10.4 Å². The zero-order valence-electron chi connectivity index (χ0n) is 13.6. The molecule has 0 spiro atoms. The minimum Gasteiger partial charge on any atom is -0.496 e. The number of hydrogen-bond donors (Lipinski definition) is 1. The summed E-state index contributed by atoms with van der Waals surface area (Å²) in [5.74, 6) is 0.0944. The first-order valence-electron chi connectivity index (χ1n) is 7.41. The third-order valence-corrected chi connectivity index (χ3v) is 5.44. The molecule has 0 fully saturated rings. The Labute approximate surface area is 154 Å². The second-order valence-corrected chi connectivity index (χ2v) is 7.54. The van der Waals surface area contributed by atoms with Gasteiger partial charge in [-0.3, -0.25) is 4.79 Å². The zero-order valence-corrected chi connectivity index (χ0v) is 15.3. The summed E-state index contributed by atoms with van der Waals surface area (Å²) in [6.07, 6.45) is 1.48. The quantitative estimate of drug-likeness (QED) is 0.692. The number of carbonyl (C=O) groups is 1. The first kappa shape index (κ1) is 17.9. The van der Waals surface area contributed by atoms with Gasteiger partial charge in [-0.1, -0.05) is 18.3 Å². The molecule has 1 amide bonds. The maximum absolute atomic E-state index is 12.4. The Morgan fingerprint density at radius 3 is 2.54 bits per heavy atom. The lowest BCUT2D eigenvalue weighted by atomic mass is 10.2. The van der Waals surface area contributed by atoms with Gasteiger partial charge in [-0.25, -0.2) is 8.42 Å². The number of rotatable bonds is 6. The van der Waals surface area contributed by atoms with E-state index in [1.165, 1.54) is 37.6 Å². The van der Waals surface area contributed by atoms with Crippen molar-refractivity contribution >= 4 is 38.1 Å². The molecule has 1 N–H and O–H groups in total. The highest BCUT2D eigenvalue weighted by Gasteiger charge is 2.13. The Hall–Kier alpha value is -2.91. The van der Waals surface area contributed by atoms with Crippen LogP contribution in [0.3, 0.4) is 0 Å². The van der Waals surface area contributed by atoms with Crippen molar-refractivity contribution in [1.29, 1.82) is 0 Å². The number of para-hydroxylation sites is 1. The van der Waals surface area contributed by atoms with E-state index in [2.05, 4.69) is 15.0 Å². The summed E-state index contributed by atoms with van der Waals surface area (Å²) in [6, 6.07) is 12.6. The molecule has 2 aromatic carbocycles. The fourth-order valence-corrected chi connectivity index (χ4v) is 3.83. The maximum Gasteiger partial charge on any atom is 0.259 e. The molecule has 26 heavy (non-hydrogen) atoms. The van der Waals surface area contributed by atoms with Gasteiger partial charge in [-0.05, 0) is 41.8 Å². The van der Waals surface area contributed by atoms with E-state index in [0.29, 0.717) is 17.0 Å². The number of methoxy groups -OCH3 is 1. The van der Waals surface area contributed by atoms with Gasteiger partial charge in [0, 0.05) is 10.8 Å². The number of benzene rings is 2. The van der Waals surface area contributed by atoms with Gasteiger partial charge in [0.1, 0.15) is 5.75 Å². The molecule has 0 atom stereocenters. The number of thiazole rings is 1. The molecule has 0 saturated heterocycles. The van der Waals surface area contributed by atoms with Crippen LogP contribution < -0.4 is 10.1 Å². The van der Waals surface area contributed by atoms with Crippen LogP contribution in [0.25, 0.3) is 4.72 Å². The van der Waals surface area contributed by atoms with Crippen LogP contribution in [0.4, 0.5) is 10.8 Å². The molecule has 0 aliphatic carbocycles. The van der Waals surface area contributed by atoms with E-state index in [1.54, 1.807) is 29.6 Å². The largest absolute Gasteiger partial charge is 0.496 e. The Kier molecular flexibility index (Phi) is 5.19. The number of hydrogen-bond acceptors (Lipinski definition) is 6. The van der Waals surface area contributed by atoms with Crippen LogP contribution in [0.2, 0.25) is 0 Å². The molecule has 0 aliphatic rings. The fraction of sp³-hybridized carbons (Fsp3) is 0.0588. The number of sulfonamides is 1. The molecular weight excluding hydrogens is 374 g/mol. The molecule has 1 aromatic heterocycles. The van der Waals surface area contributed by atoms with Crippen LogP contribution in [0, 0.1) is 0 Å². The highest BCUT2D eigenvalue weighted by atomic mass is 32.2. The maximum atomic E-state index is 12.4. The Balaban J connectivity index is 1.74. The smallest absolute Gasteiger partial charge is 0.259 e. The minimum atomic E-state index is -3.85. The molecule has 0 unspecified atom stereocenters. The van der Waals surface area contributed by atoms with Crippen molar-refractivity contribution in [2.45, 2.75) is 4.90 Å². The van der Waals surface area contributed by atoms with Gasteiger partial charge in [0.05, 0.1) is 17.6 Å². The molecular formula is C17H14N3O4S2-. The molecule has 3 rings (SSSR count). The fourth-order valence-electron chi connectivity index (χ4n) is 2.16. The van der Waals surface area contributed by atoms with Gasteiger partial charge in [0.15, 0.2) is 0 Å². The third kappa shape index (κ3) is 4.01. The van der Waals surface area contributed by atoms with E-state index in [1.807, 2.05) is 0 Å². The molecule has 0 radical (unpaired) electrons. The number of nitrogens with zero attached hydrogens (tertiary/aromatic N) is 2. The summed E-state index contributed by atoms with van der Waals surface area (Å²) in [6.45, 7) is 0. The Bertz CT molecular complexity index is 1000. The SMILES string of the molecule is COc1ccccc1C(=O)Nc1ccc(S(=O)(=O)[N-]c2nccs2)cc1. The van der Waals surface area contributed by atoms with Crippen molar-refractivity contribution < 1.29 is 17.9 Å². The summed E-state index contributed by atoms with van der Waals surface area (Å²) in [4.78, 5) is 16.2. The number of ether oxygens (including phenoxy) is 1. The second kappa shape index (κ2) is 7.54. The van der Waals surface area contributed by atoms with Crippen molar-refractivity contribution in [3.63, 3.8) is 0 Å². The lowest BCUT2D eigenvalue weighted by Crippen LogP contribution is -2.13. The summed E-state index contributed by atoms with van der Waals surface area (Å²) >= 11 is 1.13. The predicted octanol–water partition coefficient (Wildman–Crippen LogP) is 3.80. The number of anilines is 1. The standard InChI is InChI=1S/C17H15N3O4S2/c1-24-15-5-3-2-4-14(15)16(21)19-12-6-8-13(9-7-12)26(22,23)20-17-18-10-11-25-17/h2-11H,1H3,(H2,18,19,20,21)/p-1. The highest BCUT2D eigenvalue weighted by molar-refractivity contribution is 7.94. The van der Waals surface area contributed by atoms with Crippen molar-refractivity contribution in [2.24, 2.45) is 0 Å². The molecule has 1 heterocycles. The first-order valence-corrected chi connectivity index (χ1v) is 9.73. The van der Waals surface area contributed by atoms with Crippen LogP contribution in [0.15, 0.2) is 65.0 Å². The average Bonchev–Trinajstić information content (AvgIpc) is 3.14. The summed E-state index contributed by atoms with van der Waals surface area (Å²) in [5, 5.41) is 4.51. The number of nitrogens with one attached hydrogen (secondary N) is 1. The number of carbonyl (C=O) groups excluding carboxylic acids is 1. The van der Waals surface area contributed by atoms with Gasteiger partial charge >= 0.3 is 0 Å². The van der Waals surface area contributed by atoms with Crippen molar-refractivity contribution in [1.82, 2.24) is 4.98 Å². The second-order valence-electron chi connectivity index (χ2n) is 5.06. The van der Waals surface area contributed by atoms with E-state index in [-0.39, 0.29) is 15.9 Å². The Morgan fingerprint density at radius 1 is 1.15 bits per heavy atom. The van der Waals surface area contributed by atoms with E-state index in [4.69, 9.17) is 4.74 Å². The summed E-state index contributed by atoms with van der Waals surface area (Å²) in [7, 11) is -2.37. The lowest BCUT2D eigenvalue weighted by Gasteiger charge is -2.13. The molecule has 0 bridgehead atoms. The number of amides is 1. The van der Waals surface area contributed by atoms with Crippen LogP contribution in [-0.4, -0.2) is 26.4 Å². The summed E-state index contributed by atoms with van der Waals surface area (Å²) in [5.41, 5.74) is 0.833. The van der Waals surface area contributed by atoms with E-state index in [9.17, 15) is 13.2 Å². The van der Waals surface area contributed by atoms with Crippen LogP contribution >= 0.6 is 11.3 Å². The Morgan fingerprint density at radius 2 is 1.88 bits per heavy atom. The van der Waals surface area contributed by atoms with Gasteiger partial charge < -0.3 is 19.8 Å². The minimum absolute atomic E-state index is 0.0167. The van der Waals surface area contributed by atoms with Crippen molar-refractivity contribution in [3.8, 4) is 5.75 Å². The normalized spacial score (nSPS) is 11.0. The van der Waals surface area contributed by atoms with E-state index in [0.717, 1.165) is 11.3 Å². The van der Waals surface area contributed by atoms with Crippen molar-refractivity contribution in [3.05, 3.63) is 70.4 Å². The highest BCUT2D eigenvalue weighted by Crippen LogP contribution is 2.29. The van der Waals surface area contributed by atoms with Crippen LogP contribution in [-0.2, 0) is 10.0 Å². The van der Waals surface area contributed by atoms with Gasteiger partial charge in [-0.2, -0.15) is 11.3 Å². The van der Waals surface area contributed by atoms with E-state index < -0.39 is 10.0 Å². The van der Waals surface area contributed by atoms with E-state index >= 15 is 0 Å². The number of aromatic nitrogens is 1. The first-order chi connectivity index (χ1) is 12.5. The molecule has 0 aliphatic heterocycles. The van der Waals surface area contributed by atoms with Crippen molar-refractivity contribution in [2.75, 3.05) is 12.4 Å². The topological polar surface area (TPSA) is 99.5 Å². The molecule has 9 heteroatoms. The van der Waals surface area contributed by atoms with Gasteiger partial charge in [-0.15, -0.1) is 0 Å².